The Morgan fingerprint density at radius 2 is 1.61 bits per heavy atom. The minimum Gasteiger partial charge on any atom is -0.389 e. The van der Waals surface area contributed by atoms with Crippen LogP contribution in [0.1, 0.15) is 77.0 Å². The number of nitrogens with one attached hydrogen (secondary N) is 1. The summed E-state index contributed by atoms with van der Waals surface area (Å²) in [6, 6.07) is 0. The lowest BCUT2D eigenvalue weighted by molar-refractivity contribution is -0.184. The maximum Gasteiger partial charge on any atom is 0.246 e. The molecule has 1 aliphatic heterocycles. The smallest absolute Gasteiger partial charge is 0.246 e. The Kier molecular flexibility index (Phi) is 6.10. The van der Waals surface area contributed by atoms with E-state index in [0.29, 0.717) is 12.4 Å². The zero-order chi connectivity index (χ0) is 19.6. The monoisotopic (exact) mass is 383 g/mol. The van der Waals surface area contributed by atoms with E-state index >= 15 is 0 Å². The number of rotatable bonds is 5. The number of hydrogen-bond donors (Lipinski definition) is 1. The lowest BCUT2D eigenvalue weighted by Gasteiger charge is -2.74. The Hall–Kier alpha value is -0.970. The lowest BCUT2D eigenvalue weighted by Crippen LogP contribution is -2.85. The van der Waals surface area contributed by atoms with E-state index in [1.54, 1.807) is 0 Å². The number of carbonyl (C=O) groups is 2. The molecule has 0 spiro atoms. The summed E-state index contributed by atoms with van der Waals surface area (Å²) in [6.45, 7) is 4.21. The highest BCUT2D eigenvalue weighted by Crippen LogP contribution is 2.63. The molecule has 1 N–H and O–H groups in total. The van der Waals surface area contributed by atoms with Crippen LogP contribution in [0.3, 0.4) is 0 Å². The molecule has 5 rings (SSSR count). The van der Waals surface area contributed by atoms with E-state index in [9.17, 15) is 9.59 Å². The van der Waals surface area contributed by atoms with Crippen LogP contribution in [0, 0.1) is 0 Å². The first kappa shape index (κ1) is 20.3. The first-order valence-corrected chi connectivity index (χ1v) is 11.6. The number of amides is 2. The van der Waals surface area contributed by atoms with Crippen molar-refractivity contribution in [3.63, 3.8) is 0 Å². The van der Waals surface area contributed by atoms with E-state index in [-0.39, 0.29) is 22.8 Å². The van der Waals surface area contributed by atoms with Gasteiger partial charge in [-0.25, -0.2) is 0 Å². The molecule has 0 aromatic rings. The molecule has 0 atom stereocenters. The van der Waals surface area contributed by atoms with E-state index in [1.807, 2.05) is 26.3 Å². The molecule has 2 amide bonds. The fraction of sp³-hybridized carbons (Fsp3) is 0.905. The molecule has 0 aromatic heterocycles. The van der Waals surface area contributed by atoms with Gasteiger partial charge in [0.2, 0.25) is 20.6 Å². The number of nitrogens with zero attached hydrogens (tertiary/aromatic N) is 2. The number of carbonyl (C=O) groups excluding carboxylic acids is 2. The van der Waals surface area contributed by atoms with Gasteiger partial charge in [-0.15, -0.1) is 0 Å². The zero-order valence-corrected chi connectivity index (χ0v) is 17.5. The first-order chi connectivity index (χ1) is 13.5. The van der Waals surface area contributed by atoms with Crippen molar-refractivity contribution in [2.75, 3.05) is 19.6 Å². The predicted octanol–water partition coefficient (Wildman–Crippen LogP) is 3.20. The van der Waals surface area contributed by atoms with Gasteiger partial charge in [0.05, 0.1) is 6.54 Å². The van der Waals surface area contributed by atoms with Gasteiger partial charge in [0.25, 0.3) is 0 Å². The van der Waals surface area contributed by atoms with Crippen molar-refractivity contribution in [2.24, 2.45) is 0 Å². The van der Waals surface area contributed by atoms with Gasteiger partial charge in [-0.1, -0.05) is 70.4 Å². The van der Waals surface area contributed by atoms with E-state index < -0.39 is 0 Å². The molecule has 4 aliphatic carbocycles. The standard InChI is InChI=1S/C21H35B2N3O2/c1-22-26-12-11-25(13-18(26)27)21-14-20(15-21,16-21)24-19(28)23-17-9-7-5-3-2-4-6-8-10-17/h17H,2-16H2,1H3,(H,24,28). The predicted molar refractivity (Wildman–Crippen MR) is 114 cm³/mol. The first-order valence-electron chi connectivity index (χ1n) is 11.6. The summed E-state index contributed by atoms with van der Waals surface area (Å²) in [5.74, 6) is 0.813. The van der Waals surface area contributed by atoms with Crippen LogP contribution < -0.4 is 5.32 Å². The Balaban J connectivity index is 1.21. The zero-order valence-electron chi connectivity index (χ0n) is 17.5. The van der Waals surface area contributed by atoms with Crippen molar-refractivity contribution in [1.82, 2.24) is 15.0 Å². The molecular formula is C21H35B2N3O2. The van der Waals surface area contributed by atoms with Gasteiger partial charge in [0.1, 0.15) is 0 Å². The summed E-state index contributed by atoms with van der Waals surface area (Å²) in [5, 5.41) is 3.34. The second-order valence-corrected chi connectivity index (χ2v) is 9.77. The van der Waals surface area contributed by atoms with Crippen LogP contribution in [-0.4, -0.2) is 66.8 Å². The topological polar surface area (TPSA) is 52.6 Å². The van der Waals surface area contributed by atoms with Gasteiger partial charge >= 0.3 is 0 Å². The van der Waals surface area contributed by atoms with Crippen LogP contribution in [0.15, 0.2) is 0 Å². The molecule has 5 aliphatic rings. The molecule has 2 radical (unpaired) electrons. The van der Waals surface area contributed by atoms with Crippen LogP contribution >= 0.6 is 0 Å². The Morgan fingerprint density at radius 1 is 1.00 bits per heavy atom. The normalized spacial score (nSPS) is 34.8. The molecular weight excluding hydrogens is 348 g/mol. The summed E-state index contributed by atoms with van der Waals surface area (Å²) in [5.41, 5.74) is 0.194. The van der Waals surface area contributed by atoms with Gasteiger partial charge in [-0.05, 0) is 19.3 Å². The Bertz CT molecular complexity index is 570. The van der Waals surface area contributed by atoms with Crippen LogP contribution in [-0.2, 0) is 4.79 Å². The highest BCUT2D eigenvalue weighted by atomic mass is 16.2. The molecule has 0 aromatic carbocycles. The van der Waals surface area contributed by atoms with Gasteiger partial charge in [-0.2, -0.15) is 0 Å². The summed E-state index contributed by atoms with van der Waals surface area (Å²) >= 11 is 0. The molecule has 0 unspecified atom stereocenters. The van der Waals surface area contributed by atoms with Crippen molar-refractivity contribution >= 4 is 26.4 Å². The molecule has 5 nitrogen and oxygen atoms in total. The van der Waals surface area contributed by atoms with Crippen LogP contribution in [0.5, 0.6) is 0 Å². The molecule has 2 bridgehead atoms. The average molecular weight is 383 g/mol. The molecule has 152 valence electrons. The largest absolute Gasteiger partial charge is 0.389 e. The maximum absolute atomic E-state index is 12.7. The van der Waals surface area contributed by atoms with E-state index in [0.717, 1.165) is 32.4 Å². The van der Waals surface area contributed by atoms with E-state index in [1.165, 1.54) is 57.8 Å². The van der Waals surface area contributed by atoms with Crippen LogP contribution in [0.25, 0.3) is 0 Å². The second-order valence-electron chi connectivity index (χ2n) is 9.77. The maximum atomic E-state index is 12.7. The molecule has 4 saturated carbocycles. The molecule has 5 fully saturated rings. The minimum absolute atomic E-state index is 0.0145. The van der Waals surface area contributed by atoms with E-state index in [2.05, 4.69) is 10.2 Å². The highest BCUT2D eigenvalue weighted by Gasteiger charge is 2.71. The third-order valence-electron chi connectivity index (χ3n) is 7.67. The minimum atomic E-state index is 0.0145. The third-order valence-corrected chi connectivity index (χ3v) is 7.67. The Labute approximate surface area is 171 Å². The van der Waals surface area contributed by atoms with E-state index in [4.69, 9.17) is 0 Å². The second kappa shape index (κ2) is 8.41. The number of hydrogen-bond acceptors (Lipinski definition) is 3. The fourth-order valence-electron chi connectivity index (χ4n) is 6.09. The van der Waals surface area contributed by atoms with Crippen molar-refractivity contribution in [2.45, 2.75) is 101 Å². The van der Waals surface area contributed by atoms with Crippen molar-refractivity contribution in [3.05, 3.63) is 0 Å². The molecule has 1 saturated heterocycles. The van der Waals surface area contributed by atoms with Gasteiger partial charge in [-0.3, -0.25) is 14.5 Å². The lowest BCUT2D eigenvalue weighted by atomic mass is 9.42. The summed E-state index contributed by atoms with van der Waals surface area (Å²) in [4.78, 5) is 29.1. The Morgan fingerprint density at radius 3 is 2.18 bits per heavy atom. The summed E-state index contributed by atoms with van der Waals surface area (Å²) in [7, 11) is 3.88. The fourth-order valence-corrected chi connectivity index (χ4v) is 6.09. The highest BCUT2D eigenvalue weighted by molar-refractivity contribution is 6.74. The SMILES string of the molecule is C[B]N1CCN(C23CC(NC(=O)[B]C4CCCCCCCCC4)(C2)C3)CC1=O. The van der Waals surface area contributed by atoms with Crippen molar-refractivity contribution in [3.8, 4) is 0 Å². The quantitative estimate of drug-likeness (QED) is 0.742. The number of piperazine rings is 1. The van der Waals surface area contributed by atoms with Gasteiger partial charge < -0.3 is 10.1 Å². The molecule has 28 heavy (non-hydrogen) atoms. The van der Waals surface area contributed by atoms with Crippen LogP contribution in [0.2, 0.25) is 12.6 Å². The molecule has 7 heteroatoms. The van der Waals surface area contributed by atoms with Crippen molar-refractivity contribution < 1.29 is 9.59 Å². The third kappa shape index (κ3) is 4.15. The average Bonchev–Trinajstić information content (AvgIpc) is 2.62. The van der Waals surface area contributed by atoms with Gasteiger partial charge in [0, 0.05) is 24.2 Å². The molecule has 1 heterocycles. The van der Waals surface area contributed by atoms with Crippen molar-refractivity contribution in [1.29, 1.82) is 0 Å². The summed E-state index contributed by atoms with van der Waals surface area (Å²) in [6.07, 6.45) is 14.7. The van der Waals surface area contributed by atoms with Crippen LogP contribution in [0.4, 0.5) is 4.79 Å². The summed E-state index contributed by atoms with van der Waals surface area (Å²) < 4.78 is 0. The van der Waals surface area contributed by atoms with Gasteiger partial charge in [0.15, 0.2) is 5.81 Å².